The van der Waals surface area contributed by atoms with E-state index in [1.807, 2.05) is 0 Å². The van der Waals surface area contributed by atoms with Crippen LogP contribution in [0.15, 0.2) is 36.4 Å². The van der Waals surface area contributed by atoms with Crippen LogP contribution in [0, 0.1) is 17.5 Å². The Morgan fingerprint density at radius 1 is 1.05 bits per heavy atom. The molecule has 0 saturated heterocycles. The van der Waals surface area contributed by atoms with Gasteiger partial charge >= 0.3 is 0 Å². The number of Topliss-reactive ketones (excluding diaryl/α,β-unsaturated/α-hetero) is 1. The van der Waals surface area contributed by atoms with Gasteiger partial charge in [0.05, 0.1) is 5.02 Å². The van der Waals surface area contributed by atoms with Gasteiger partial charge in [0.25, 0.3) is 0 Å². The minimum absolute atomic E-state index is 0.121. The summed E-state index contributed by atoms with van der Waals surface area (Å²) in [4.78, 5) is 11.9. The average Bonchev–Trinajstić information content (AvgIpc) is 2.33. The Kier molecular flexibility index (Phi) is 3.90. The van der Waals surface area contributed by atoms with Crippen LogP contribution in [-0.4, -0.2) is 5.78 Å². The highest BCUT2D eigenvalue weighted by atomic mass is 35.5. The molecule has 0 aliphatic rings. The molecule has 0 saturated carbocycles. The van der Waals surface area contributed by atoms with Crippen molar-refractivity contribution in [3.63, 3.8) is 0 Å². The smallest absolute Gasteiger partial charge is 0.168 e. The number of carbonyl (C=O) groups excluding carboxylic acids is 1. The maximum absolute atomic E-state index is 13.1. The predicted octanol–water partition coefficient (Wildman–Crippen LogP) is 4.18. The van der Waals surface area contributed by atoms with E-state index in [1.165, 1.54) is 18.2 Å². The Morgan fingerprint density at radius 2 is 1.74 bits per heavy atom. The third kappa shape index (κ3) is 3.15. The molecule has 0 spiro atoms. The summed E-state index contributed by atoms with van der Waals surface area (Å²) in [6.45, 7) is 0. The molecular formula is C14H8ClF3O. The molecule has 0 radical (unpaired) electrons. The lowest BCUT2D eigenvalue weighted by molar-refractivity contribution is 0.0992. The number of rotatable bonds is 3. The molecule has 0 heterocycles. The van der Waals surface area contributed by atoms with E-state index >= 15 is 0 Å². The molecule has 0 amide bonds. The summed E-state index contributed by atoms with van der Waals surface area (Å²) in [6.07, 6.45) is -0.136. The van der Waals surface area contributed by atoms with Gasteiger partial charge in [-0.1, -0.05) is 23.7 Å². The van der Waals surface area contributed by atoms with E-state index in [9.17, 15) is 18.0 Å². The number of hydrogen-bond acceptors (Lipinski definition) is 1. The average molecular weight is 285 g/mol. The maximum Gasteiger partial charge on any atom is 0.168 e. The summed E-state index contributed by atoms with van der Waals surface area (Å²) in [5.74, 6) is -3.24. The number of ketones is 1. The first-order valence-electron chi connectivity index (χ1n) is 5.39. The fraction of sp³-hybridized carbons (Fsp3) is 0.0714. The second-order valence-corrected chi connectivity index (χ2v) is 4.38. The summed E-state index contributed by atoms with van der Waals surface area (Å²) in [5, 5.41) is -0.166. The highest BCUT2D eigenvalue weighted by Crippen LogP contribution is 2.21. The number of carbonyl (C=O) groups is 1. The van der Waals surface area contributed by atoms with Gasteiger partial charge in [-0.25, -0.2) is 13.2 Å². The minimum Gasteiger partial charge on any atom is -0.294 e. The summed E-state index contributed by atoms with van der Waals surface area (Å²) in [5.41, 5.74) is 0.315. The fourth-order valence-corrected chi connectivity index (χ4v) is 1.92. The van der Waals surface area contributed by atoms with Crippen LogP contribution in [-0.2, 0) is 6.42 Å². The van der Waals surface area contributed by atoms with Crippen LogP contribution >= 0.6 is 11.6 Å². The molecule has 5 heteroatoms. The van der Waals surface area contributed by atoms with Gasteiger partial charge < -0.3 is 0 Å². The molecular weight excluding hydrogens is 277 g/mol. The van der Waals surface area contributed by atoms with Gasteiger partial charge in [0, 0.05) is 12.0 Å². The first-order chi connectivity index (χ1) is 8.97. The lowest BCUT2D eigenvalue weighted by atomic mass is 10.0. The fourth-order valence-electron chi connectivity index (χ4n) is 1.66. The Morgan fingerprint density at radius 3 is 2.42 bits per heavy atom. The SMILES string of the molecule is O=C(Cc1cccc(F)c1)c1cc(F)c(F)cc1Cl. The molecule has 1 nitrogen and oxygen atoms in total. The molecule has 0 N–H and O–H groups in total. The maximum atomic E-state index is 13.1. The largest absolute Gasteiger partial charge is 0.294 e. The Hall–Kier alpha value is -1.81. The van der Waals surface area contributed by atoms with Crippen LogP contribution in [0.4, 0.5) is 13.2 Å². The lowest BCUT2D eigenvalue weighted by Crippen LogP contribution is -2.06. The van der Waals surface area contributed by atoms with Crippen molar-refractivity contribution in [2.75, 3.05) is 0 Å². The van der Waals surface area contributed by atoms with Gasteiger partial charge in [-0.2, -0.15) is 0 Å². The van der Waals surface area contributed by atoms with Crippen LogP contribution in [0.1, 0.15) is 15.9 Å². The summed E-state index contributed by atoms with van der Waals surface area (Å²) < 4.78 is 38.9. The van der Waals surface area contributed by atoms with Crippen LogP contribution in [0.5, 0.6) is 0 Å². The number of hydrogen-bond donors (Lipinski definition) is 0. The quantitative estimate of drug-likeness (QED) is 0.610. The van der Waals surface area contributed by atoms with Crippen LogP contribution in [0.2, 0.25) is 5.02 Å². The predicted molar refractivity (Wildman–Crippen MR) is 65.8 cm³/mol. The van der Waals surface area contributed by atoms with E-state index in [-0.39, 0.29) is 17.0 Å². The van der Waals surface area contributed by atoms with Crippen LogP contribution in [0.3, 0.4) is 0 Å². The topological polar surface area (TPSA) is 17.1 Å². The molecule has 0 aliphatic carbocycles. The van der Waals surface area contributed by atoms with Gasteiger partial charge in [0.1, 0.15) is 5.82 Å². The van der Waals surface area contributed by atoms with Crippen molar-refractivity contribution < 1.29 is 18.0 Å². The van der Waals surface area contributed by atoms with Gasteiger partial charge in [-0.15, -0.1) is 0 Å². The first kappa shape index (κ1) is 13.6. The zero-order chi connectivity index (χ0) is 14.0. The highest BCUT2D eigenvalue weighted by Gasteiger charge is 2.15. The van der Waals surface area contributed by atoms with Crippen LogP contribution in [0.25, 0.3) is 0 Å². The molecule has 2 rings (SSSR count). The summed E-state index contributed by atoms with van der Waals surface area (Å²) in [7, 11) is 0. The van der Waals surface area contributed by atoms with E-state index in [4.69, 9.17) is 11.6 Å². The second-order valence-electron chi connectivity index (χ2n) is 3.98. The van der Waals surface area contributed by atoms with E-state index in [1.54, 1.807) is 6.07 Å². The zero-order valence-corrected chi connectivity index (χ0v) is 10.3. The molecule has 2 aromatic rings. The monoisotopic (exact) mass is 284 g/mol. The second kappa shape index (κ2) is 5.45. The lowest BCUT2D eigenvalue weighted by Gasteiger charge is -2.05. The van der Waals surface area contributed by atoms with Crippen molar-refractivity contribution >= 4 is 17.4 Å². The van der Waals surface area contributed by atoms with Gasteiger partial charge in [0.15, 0.2) is 17.4 Å². The summed E-state index contributed by atoms with van der Waals surface area (Å²) >= 11 is 5.69. The third-order valence-corrected chi connectivity index (χ3v) is 2.88. The molecule has 19 heavy (non-hydrogen) atoms. The van der Waals surface area contributed by atoms with Gasteiger partial charge in [-0.05, 0) is 29.8 Å². The van der Waals surface area contributed by atoms with Gasteiger partial charge in [0.2, 0.25) is 0 Å². The number of benzene rings is 2. The Labute approximate surface area is 112 Å². The van der Waals surface area contributed by atoms with Crippen molar-refractivity contribution in [1.82, 2.24) is 0 Å². The van der Waals surface area contributed by atoms with Crippen molar-refractivity contribution in [1.29, 1.82) is 0 Å². The van der Waals surface area contributed by atoms with Crippen molar-refractivity contribution in [2.24, 2.45) is 0 Å². The third-order valence-electron chi connectivity index (χ3n) is 2.56. The van der Waals surface area contributed by atoms with E-state index in [0.717, 1.165) is 12.1 Å². The summed E-state index contributed by atoms with van der Waals surface area (Å²) in [6, 6.07) is 6.97. The molecule has 0 bridgehead atoms. The molecule has 2 aromatic carbocycles. The standard InChI is InChI=1S/C14H8ClF3O/c15-11-7-13(18)12(17)6-10(11)14(19)5-8-2-1-3-9(16)4-8/h1-4,6-7H,5H2. The molecule has 0 atom stereocenters. The van der Waals surface area contributed by atoms with Crippen molar-refractivity contribution in [2.45, 2.75) is 6.42 Å². The van der Waals surface area contributed by atoms with E-state index in [2.05, 4.69) is 0 Å². The highest BCUT2D eigenvalue weighted by molar-refractivity contribution is 6.34. The Bertz CT molecular complexity index is 641. The normalized spacial score (nSPS) is 10.5. The molecule has 0 aliphatic heterocycles. The minimum atomic E-state index is -1.15. The zero-order valence-electron chi connectivity index (χ0n) is 9.59. The molecule has 0 unspecified atom stereocenters. The molecule has 98 valence electrons. The van der Waals surface area contributed by atoms with E-state index < -0.39 is 23.2 Å². The molecule has 0 fully saturated rings. The van der Waals surface area contributed by atoms with Crippen LogP contribution < -0.4 is 0 Å². The van der Waals surface area contributed by atoms with Crippen molar-refractivity contribution in [3.8, 4) is 0 Å². The van der Waals surface area contributed by atoms with Crippen molar-refractivity contribution in [3.05, 3.63) is 70.0 Å². The first-order valence-corrected chi connectivity index (χ1v) is 5.77. The molecule has 0 aromatic heterocycles. The van der Waals surface area contributed by atoms with E-state index in [0.29, 0.717) is 5.56 Å². The number of halogens is 4. The van der Waals surface area contributed by atoms with Gasteiger partial charge in [-0.3, -0.25) is 4.79 Å². The Balaban J connectivity index is 2.28.